The van der Waals surface area contributed by atoms with E-state index in [1.165, 1.54) is 16.6 Å². The average molecular weight is 542 g/mol. The Kier molecular flexibility index (Phi) is 6.03. The molecular formula is C25H26F3N9O2. The van der Waals surface area contributed by atoms with Gasteiger partial charge in [-0.15, -0.1) is 5.10 Å². The van der Waals surface area contributed by atoms with Crippen molar-refractivity contribution in [3.63, 3.8) is 0 Å². The number of hydrogen-bond donors (Lipinski definition) is 1. The van der Waals surface area contributed by atoms with Crippen molar-refractivity contribution in [1.29, 1.82) is 0 Å². The number of piperazine rings is 1. The third-order valence-electron chi connectivity index (χ3n) is 7.12. The highest BCUT2D eigenvalue weighted by atomic mass is 19.4. The largest absolute Gasteiger partial charge is 0.458 e. The summed E-state index contributed by atoms with van der Waals surface area (Å²) < 4.78 is 47.4. The summed E-state index contributed by atoms with van der Waals surface area (Å²) in [5.41, 5.74) is 5.63. The van der Waals surface area contributed by atoms with E-state index in [0.717, 1.165) is 12.5 Å². The number of nitrogen functional groups attached to an aromatic ring is 1. The van der Waals surface area contributed by atoms with E-state index < -0.39 is 17.8 Å². The fourth-order valence-corrected chi connectivity index (χ4v) is 5.21. The van der Waals surface area contributed by atoms with Gasteiger partial charge in [0, 0.05) is 38.4 Å². The van der Waals surface area contributed by atoms with Gasteiger partial charge in [-0.1, -0.05) is 12.1 Å². The van der Waals surface area contributed by atoms with Crippen LogP contribution in [0, 0.1) is 6.92 Å². The summed E-state index contributed by atoms with van der Waals surface area (Å²) >= 11 is 0. The predicted molar refractivity (Wildman–Crippen MR) is 136 cm³/mol. The van der Waals surface area contributed by atoms with E-state index in [-0.39, 0.29) is 29.3 Å². The maximum atomic E-state index is 13.5. The summed E-state index contributed by atoms with van der Waals surface area (Å²) in [5.74, 6) is 2.00. The molecule has 0 unspecified atom stereocenters. The van der Waals surface area contributed by atoms with E-state index in [9.17, 15) is 18.0 Å². The molecule has 1 aromatic carbocycles. The normalized spacial score (nSPS) is 18.4. The summed E-state index contributed by atoms with van der Waals surface area (Å²) in [6.07, 6.45) is -3.08. The number of carbonyl (C=O) groups is 1. The Morgan fingerprint density at radius 3 is 2.51 bits per heavy atom. The van der Waals surface area contributed by atoms with Gasteiger partial charge < -0.3 is 24.9 Å². The molecule has 204 valence electrons. The van der Waals surface area contributed by atoms with E-state index in [2.05, 4.69) is 20.1 Å². The van der Waals surface area contributed by atoms with Gasteiger partial charge in [-0.25, -0.2) is 0 Å². The molecule has 5 heterocycles. The molecule has 0 bridgehead atoms. The highest BCUT2D eigenvalue weighted by molar-refractivity contribution is 5.85. The number of aromatic nitrogens is 5. The topological polar surface area (TPSA) is 122 Å². The molecular weight excluding hydrogens is 515 g/mol. The molecule has 4 aromatic rings. The van der Waals surface area contributed by atoms with Crippen molar-refractivity contribution in [2.75, 3.05) is 48.3 Å². The van der Waals surface area contributed by atoms with Crippen molar-refractivity contribution in [3.05, 3.63) is 47.7 Å². The molecule has 2 fully saturated rings. The maximum absolute atomic E-state index is 13.5. The minimum absolute atomic E-state index is 0.0760. The van der Waals surface area contributed by atoms with Crippen LogP contribution >= 0.6 is 0 Å². The monoisotopic (exact) mass is 541 g/mol. The number of anilines is 3. The number of nitrogens with zero attached hydrogens (tertiary/aromatic N) is 8. The van der Waals surface area contributed by atoms with Crippen molar-refractivity contribution in [3.8, 4) is 11.6 Å². The van der Waals surface area contributed by atoms with E-state index in [1.54, 1.807) is 28.0 Å². The minimum Gasteiger partial charge on any atom is -0.458 e. The zero-order chi connectivity index (χ0) is 27.3. The number of para-hydroxylation sites is 1. The van der Waals surface area contributed by atoms with Gasteiger partial charge in [0.25, 0.3) is 5.78 Å². The highest BCUT2D eigenvalue weighted by Gasteiger charge is 2.38. The molecule has 2 saturated heterocycles. The number of nitrogens with two attached hydrogens (primary N) is 1. The smallest absolute Gasteiger partial charge is 0.418 e. The Bertz CT molecular complexity index is 1520. The Hall–Kier alpha value is -4.36. The van der Waals surface area contributed by atoms with Gasteiger partial charge >= 0.3 is 6.18 Å². The maximum Gasteiger partial charge on any atom is 0.418 e. The Morgan fingerprint density at radius 1 is 1.03 bits per heavy atom. The molecule has 14 heteroatoms. The number of rotatable bonds is 4. The SMILES string of the molecule is Cc1ccc(-c2nc3nc(N4CCC[C@H]4C(=O)N4CCN(c5ccccc5C(F)(F)F)CC4)nc(N)n3n2)o1. The second kappa shape index (κ2) is 9.43. The van der Waals surface area contributed by atoms with Crippen molar-refractivity contribution < 1.29 is 22.4 Å². The second-order valence-electron chi connectivity index (χ2n) is 9.62. The molecule has 0 spiro atoms. The molecule has 1 amide bonds. The number of fused-ring (bicyclic) bond motifs is 1. The number of furan rings is 1. The van der Waals surface area contributed by atoms with Gasteiger partial charge in [0.15, 0.2) is 5.76 Å². The first kappa shape index (κ1) is 24.9. The summed E-state index contributed by atoms with van der Waals surface area (Å²) in [6.45, 7) is 3.60. The fraction of sp³-hybridized carbons (Fsp3) is 0.400. The Balaban J connectivity index is 1.19. The quantitative estimate of drug-likeness (QED) is 0.416. The number of carbonyl (C=O) groups excluding carboxylic acids is 1. The first-order valence-corrected chi connectivity index (χ1v) is 12.6. The lowest BCUT2D eigenvalue weighted by atomic mass is 10.1. The number of hydrogen-bond acceptors (Lipinski definition) is 9. The van der Waals surface area contributed by atoms with Crippen LogP contribution in [0.15, 0.2) is 40.8 Å². The molecule has 0 radical (unpaired) electrons. The lowest BCUT2D eigenvalue weighted by molar-refractivity contribution is -0.137. The van der Waals surface area contributed by atoms with Gasteiger partial charge in [0.2, 0.25) is 23.6 Å². The molecule has 1 atom stereocenters. The van der Waals surface area contributed by atoms with Gasteiger partial charge in [0.1, 0.15) is 11.8 Å². The molecule has 6 rings (SSSR count). The number of alkyl halides is 3. The van der Waals surface area contributed by atoms with Crippen LogP contribution in [0.2, 0.25) is 0 Å². The van der Waals surface area contributed by atoms with Crippen LogP contribution in [0.4, 0.5) is 30.8 Å². The fourth-order valence-electron chi connectivity index (χ4n) is 5.21. The van der Waals surface area contributed by atoms with Crippen molar-refractivity contribution in [1.82, 2.24) is 29.5 Å². The van der Waals surface area contributed by atoms with Gasteiger partial charge in [-0.3, -0.25) is 4.79 Å². The van der Waals surface area contributed by atoms with Crippen molar-refractivity contribution in [2.45, 2.75) is 32.0 Å². The molecule has 0 saturated carbocycles. The lowest BCUT2D eigenvalue weighted by Gasteiger charge is -2.39. The zero-order valence-corrected chi connectivity index (χ0v) is 21.1. The first-order valence-electron chi connectivity index (χ1n) is 12.6. The van der Waals surface area contributed by atoms with Crippen LogP contribution in [0.25, 0.3) is 17.4 Å². The Morgan fingerprint density at radius 2 is 1.79 bits per heavy atom. The Labute approximate surface area is 221 Å². The third-order valence-corrected chi connectivity index (χ3v) is 7.12. The van der Waals surface area contributed by atoms with Crippen LogP contribution in [-0.2, 0) is 11.0 Å². The van der Waals surface area contributed by atoms with Crippen LogP contribution in [-0.4, -0.2) is 74.1 Å². The van der Waals surface area contributed by atoms with Crippen LogP contribution < -0.4 is 15.5 Å². The summed E-state index contributed by atoms with van der Waals surface area (Å²) in [7, 11) is 0. The molecule has 2 aliphatic heterocycles. The first-order chi connectivity index (χ1) is 18.7. The predicted octanol–water partition coefficient (Wildman–Crippen LogP) is 3.01. The van der Waals surface area contributed by atoms with Crippen LogP contribution in [0.5, 0.6) is 0 Å². The average Bonchev–Trinajstić information content (AvgIpc) is 3.67. The molecule has 39 heavy (non-hydrogen) atoms. The molecule has 11 nitrogen and oxygen atoms in total. The number of benzene rings is 1. The van der Waals surface area contributed by atoms with Crippen LogP contribution in [0.3, 0.4) is 0 Å². The third kappa shape index (κ3) is 4.59. The molecule has 3 aromatic heterocycles. The van der Waals surface area contributed by atoms with E-state index in [1.807, 2.05) is 11.8 Å². The summed E-state index contributed by atoms with van der Waals surface area (Å²) in [6, 6.07) is 8.58. The standard InChI is InChI=1S/C25H26F3N9O2/c1-15-8-9-19(39-15)20-30-24-32-23(31-22(29)37(24)33-20)36-10-4-7-18(36)21(38)35-13-11-34(12-14-35)17-6-3-2-5-16(17)25(26,27)28/h2-3,5-6,8-9,18H,4,7,10-14H2,1H3,(H2,29,30,31,32,33)/t18-/m0/s1. The number of amides is 1. The lowest BCUT2D eigenvalue weighted by Crippen LogP contribution is -2.54. The number of aryl methyl sites for hydroxylation is 1. The zero-order valence-electron chi connectivity index (χ0n) is 21.1. The molecule has 2 aliphatic rings. The van der Waals surface area contributed by atoms with Crippen LogP contribution in [0.1, 0.15) is 24.2 Å². The second-order valence-corrected chi connectivity index (χ2v) is 9.62. The van der Waals surface area contributed by atoms with Crippen molar-refractivity contribution in [2.24, 2.45) is 0 Å². The summed E-state index contributed by atoms with van der Waals surface area (Å²) in [5, 5.41) is 4.34. The van der Waals surface area contributed by atoms with Gasteiger partial charge in [-0.05, 0) is 44.0 Å². The van der Waals surface area contributed by atoms with E-state index >= 15 is 0 Å². The highest BCUT2D eigenvalue weighted by Crippen LogP contribution is 2.37. The minimum atomic E-state index is -4.45. The van der Waals surface area contributed by atoms with Gasteiger partial charge in [0.05, 0.1) is 5.56 Å². The van der Waals surface area contributed by atoms with E-state index in [0.29, 0.717) is 56.5 Å². The molecule has 0 aliphatic carbocycles. The number of halogens is 3. The summed E-state index contributed by atoms with van der Waals surface area (Å²) in [4.78, 5) is 32.1. The van der Waals surface area contributed by atoms with Gasteiger partial charge in [-0.2, -0.15) is 32.6 Å². The van der Waals surface area contributed by atoms with E-state index in [4.69, 9.17) is 10.2 Å². The molecule has 2 N–H and O–H groups in total. The van der Waals surface area contributed by atoms with Crippen molar-refractivity contribution >= 4 is 29.3 Å².